The van der Waals surface area contributed by atoms with Crippen LogP contribution in [0.3, 0.4) is 0 Å². The highest BCUT2D eigenvalue weighted by molar-refractivity contribution is 5.51. The van der Waals surface area contributed by atoms with Crippen molar-refractivity contribution in [3.8, 4) is 17.2 Å². The van der Waals surface area contributed by atoms with E-state index in [1.54, 1.807) is 0 Å². The van der Waals surface area contributed by atoms with Gasteiger partial charge >= 0.3 is 30.4 Å². The summed E-state index contributed by atoms with van der Waals surface area (Å²) in [5.74, 6) is -12.4. The number of aliphatic hydroxyl groups is 1. The van der Waals surface area contributed by atoms with Crippen molar-refractivity contribution in [2.75, 3.05) is 11.6 Å². The highest BCUT2D eigenvalue weighted by Crippen LogP contribution is 2.46. The fraction of sp³-hybridized carbons (Fsp3) is 0.280. The highest BCUT2D eigenvalue weighted by atomic mass is 19.4. The van der Waals surface area contributed by atoms with Gasteiger partial charge in [0, 0.05) is 17.2 Å². The molecule has 17 heteroatoms. The number of ether oxygens (including phenoxy) is 1. The van der Waals surface area contributed by atoms with Crippen LogP contribution in [0.2, 0.25) is 0 Å². The molecule has 0 aliphatic carbocycles. The lowest BCUT2D eigenvalue weighted by molar-refractivity contribution is -0.289. The molecule has 0 radical (unpaired) electrons. The maximum Gasteiger partial charge on any atom is 0.458 e. The lowest BCUT2D eigenvalue weighted by atomic mass is 10.1. The van der Waals surface area contributed by atoms with E-state index in [1.165, 1.54) is 0 Å². The Morgan fingerprint density at radius 2 is 1.02 bits per heavy atom. The molecule has 0 saturated heterocycles. The van der Waals surface area contributed by atoms with Crippen molar-refractivity contribution in [3.05, 3.63) is 83.9 Å². The molecule has 0 aliphatic rings. The third-order valence-electron chi connectivity index (χ3n) is 5.38. The van der Waals surface area contributed by atoms with Gasteiger partial charge in [-0.2, -0.15) is 57.1 Å². The second-order valence-electron chi connectivity index (χ2n) is 8.51. The Kier molecular flexibility index (Phi) is 8.87. The quantitative estimate of drug-likeness (QED) is 0.191. The van der Waals surface area contributed by atoms with Crippen LogP contribution in [0, 0.1) is 0 Å². The molecule has 0 amide bonds. The molecule has 0 saturated carbocycles. The number of benzene rings is 3. The molecule has 4 nitrogen and oxygen atoms in total. The molecule has 0 unspecified atom stereocenters. The van der Waals surface area contributed by atoms with Crippen LogP contribution in [-0.4, -0.2) is 36.3 Å². The van der Waals surface area contributed by atoms with Crippen molar-refractivity contribution in [1.82, 2.24) is 0 Å². The molecule has 0 bridgehead atoms. The van der Waals surface area contributed by atoms with Gasteiger partial charge in [0.2, 0.25) is 0 Å². The van der Waals surface area contributed by atoms with Crippen LogP contribution in [0.5, 0.6) is 17.2 Å². The molecule has 3 aromatic rings. The Bertz CT molecular complexity index is 1370. The van der Waals surface area contributed by atoms with Crippen LogP contribution in [0.25, 0.3) is 0 Å². The van der Waals surface area contributed by atoms with E-state index >= 15 is 0 Å². The fourth-order valence-electron chi connectivity index (χ4n) is 3.25. The summed E-state index contributed by atoms with van der Waals surface area (Å²) >= 11 is 0. The minimum absolute atomic E-state index is 0.202. The molecule has 0 aromatic heterocycles. The first-order valence-corrected chi connectivity index (χ1v) is 11.2. The predicted molar refractivity (Wildman–Crippen MR) is 119 cm³/mol. The molecule has 1 atom stereocenters. The topological polar surface area (TPSA) is 41.9 Å². The maximum absolute atomic E-state index is 13.8. The van der Waals surface area contributed by atoms with E-state index in [-0.39, 0.29) is 16.9 Å². The second kappa shape index (κ2) is 11.4. The minimum atomic E-state index is -6.02. The molecule has 0 fully saturated rings. The zero-order valence-corrected chi connectivity index (χ0v) is 20.3. The van der Waals surface area contributed by atoms with Crippen LogP contribution in [0.1, 0.15) is 11.1 Å². The van der Waals surface area contributed by atoms with E-state index in [0.29, 0.717) is 24.3 Å². The van der Waals surface area contributed by atoms with Gasteiger partial charge in [-0.25, -0.2) is 5.06 Å². The van der Waals surface area contributed by atoms with Gasteiger partial charge in [0.05, 0.1) is 12.2 Å². The standard InChI is InChI=1S/C25H16F13NO3/c26-21(27,24(33,34)35)14-4-1-7-17(10-14)41-18-8-3-6-16(12-18)39(13-20(40)23(30,31)32)42-19-9-2-5-15(11-19)22(28,29)25(36,37)38/h1-12,20,40H,13H2/t20-/m0/s1. The van der Waals surface area contributed by atoms with Gasteiger partial charge in [-0.05, 0) is 36.4 Å². The second-order valence-corrected chi connectivity index (χ2v) is 8.51. The van der Waals surface area contributed by atoms with Crippen LogP contribution in [0.15, 0.2) is 72.8 Å². The molecule has 230 valence electrons. The summed E-state index contributed by atoms with van der Waals surface area (Å²) in [4.78, 5) is 5.11. The van der Waals surface area contributed by atoms with Crippen molar-refractivity contribution in [1.29, 1.82) is 0 Å². The Balaban J connectivity index is 1.96. The summed E-state index contributed by atoms with van der Waals surface area (Å²) in [7, 11) is 0. The first-order chi connectivity index (χ1) is 19.1. The van der Waals surface area contributed by atoms with Crippen molar-refractivity contribution < 1.29 is 71.8 Å². The first-order valence-electron chi connectivity index (χ1n) is 11.2. The van der Waals surface area contributed by atoms with E-state index < -0.39 is 71.3 Å². The third kappa shape index (κ3) is 7.30. The molecule has 0 heterocycles. The summed E-state index contributed by atoms with van der Waals surface area (Å²) < 4.78 is 176. The number of aliphatic hydroxyl groups excluding tert-OH is 1. The minimum Gasteiger partial charge on any atom is -0.457 e. The Hall–Kier alpha value is -3.89. The molecular weight excluding hydrogens is 609 g/mol. The molecule has 3 rings (SSSR count). The van der Waals surface area contributed by atoms with Crippen LogP contribution < -0.4 is 14.6 Å². The maximum atomic E-state index is 13.8. The largest absolute Gasteiger partial charge is 0.458 e. The predicted octanol–water partition coefficient (Wildman–Crippen LogP) is 8.51. The third-order valence-corrected chi connectivity index (χ3v) is 5.38. The zero-order chi connectivity index (χ0) is 31.7. The van der Waals surface area contributed by atoms with E-state index in [9.17, 15) is 62.2 Å². The van der Waals surface area contributed by atoms with Crippen LogP contribution in [0.4, 0.5) is 62.8 Å². The van der Waals surface area contributed by atoms with Gasteiger partial charge in [-0.3, -0.25) is 0 Å². The van der Waals surface area contributed by atoms with E-state index in [4.69, 9.17) is 9.57 Å². The lowest BCUT2D eigenvalue weighted by Gasteiger charge is -2.28. The number of rotatable bonds is 9. The number of halogens is 13. The van der Waals surface area contributed by atoms with E-state index in [2.05, 4.69) is 0 Å². The number of hydrogen-bond donors (Lipinski definition) is 1. The summed E-state index contributed by atoms with van der Waals surface area (Å²) in [6.07, 6.45) is -20.3. The molecular formula is C25H16F13NO3. The summed E-state index contributed by atoms with van der Waals surface area (Å²) in [6, 6.07) is 8.82. The monoisotopic (exact) mass is 625 g/mol. The average Bonchev–Trinajstić information content (AvgIpc) is 2.87. The molecule has 3 aromatic carbocycles. The summed E-state index contributed by atoms with van der Waals surface area (Å²) in [6.45, 7) is -1.46. The SMILES string of the molecule is O[C@@H](CN(Oc1cccc(C(F)(F)C(F)(F)F)c1)c1cccc(Oc2cccc(C(F)(F)C(F)(F)F)c2)c1)C(F)(F)F. The zero-order valence-electron chi connectivity index (χ0n) is 20.3. The number of nitrogens with zero attached hydrogens (tertiary/aromatic N) is 1. The van der Waals surface area contributed by atoms with Crippen molar-refractivity contribution in [3.63, 3.8) is 0 Å². The number of anilines is 1. The first kappa shape index (κ1) is 32.6. The van der Waals surface area contributed by atoms with Crippen molar-refractivity contribution in [2.24, 2.45) is 0 Å². The van der Waals surface area contributed by atoms with Crippen LogP contribution >= 0.6 is 0 Å². The Morgan fingerprint density at radius 1 is 0.595 bits per heavy atom. The van der Waals surface area contributed by atoms with Gasteiger partial charge in [0.15, 0.2) is 11.9 Å². The Labute approximate surface area is 227 Å². The lowest BCUT2D eigenvalue weighted by Crippen LogP contribution is -2.42. The van der Waals surface area contributed by atoms with Gasteiger partial charge in [-0.1, -0.05) is 30.3 Å². The summed E-state index contributed by atoms with van der Waals surface area (Å²) in [5, 5.41) is 9.82. The van der Waals surface area contributed by atoms with Crippen molar-refractivity contribution in [2.45, 2.75) is 36.5 Å². The van der Waals surface area contributed by atoms with Gasteiger partial charge in [-0.15, -0.1) is 0 Å². The van der Waals surface area contributed by atoms with E-state index in [0.717, 1.165) is 42.5 Å². The van der Waals surface area contributed by atoms with E-state index in [1.807, 2.05) is 0 Å². The van der Waals surface area contributed by atoms with Crippen molar-refractivity contribution >= 4 is 5.69 Å². The van der Waals surface area contributed by atoms with Gasteiger partial charge in [0.1, 0.15) is 11.5 Å². The average molecular weight is 625 g/mol. The highest BCUT2D eigenvalue weighted by Gasteiger charge is 2.59. The number of hydroxylamine groups is 1. The fourth-order valence-corrected chi connectivity index (χ4v) is 3.25. The van der Waals surface area contributed by atoms with Gasteiger partial charge < -0.3 is 14.7 Å². The Morgan fingerprint density at radius 3 is 1.50 bits per heavy atom. The molecule has 0 spiro atoms. The summed E-state index contributed by atoms with van der Waals surface area (Å²) in [5.41, 5.74) is -3.53. The number of hydrogen-bond acceptors (Lipinski definition) is 4. The molecule has 1 N–H and O–H groups in total. The molecule has 42 heavy (non-hydrogen) atoms. The number of alkyl halides is 13. The normalized spacial score (nSPS) is 14.0. The van der Waals surface area contributed by atoms with Crippen LogP contribution in [-0.2, 0) is 11.8 Å². The van der Waals surface area contributed by atoms with Gasteiger partial charge in [0.25, 0.3) is 0 Å². The molecule has 0 aliphatic heterocycles. The smallest absolute Gasteiger partial charge is 0.457 e.